The van der Waals surface area contributed by atoms with Gasteiger partial charge in [-0.25, -0.2) is 4.98 Å². The van der Waals surface area contributed by atoms with Gasteiger partial charge in [0.2, 0.25) is 5.91 Å². The molecule has 0 atom stereocenters. The van der Waals surface area contributed by atoms with Gasteiger partial charge in [-0.3, -0.25) is 14.9 Å². The van der Waals surface area contributed by atoms with Crippen LogP contribution in [-0.4, -0.2) is 35.8 Å². The molecule has 2 amide bonds. The standard InChI is InChI=1S/C22H24N4O2S/c1-26(2)14-17-10-8-16(9-11-17)13-23-20(27)12-19-15-29-22(24-19)25-21(28)18-6-4-3-5-7-18/h3-11,15H,12-14H2,1-2H3,(H,23,27)(H,24,25,28). The quantitative estimate of drug-likeness (QED) is 0.600. The predicted octanol–water partition coefficient (Wildman–Crippen LogP) is 3.32. The van der Waals surface area contributed by atoms with Crippen LogP contribution in [0.2, 0.25) is 0 Å². The fraction of sp³-hybridized carbons (Fsp3) is 0.227. The van der Waals surface area contributed by atoms with Crippen molar-refractivity contribution in [2.75, 3.05) is 19.4 Å². The highest BCUT2D eigenvalue weighted by molar-refractivity contribution is 7.14. The summed E-state index contributed by atoms with van der Waals surface area (Å²) in [5.41, 5.74) is 3.49. The number of hydrogen-bond donors (Lipinski definition) is 2. The summed E-state index contributed by atoms with van der Waals surface area (Å²) in [7, 11) is 4.07. The third kappa shape index (κ3) is 6.51. The number of amides is 2. The number of nitrogens with one attached hydrogen (secondary N) is 2. The van der Waals surface area contributed by atoms with Gasteiger partial charge in [-0.05, 0) is 37.4 Å². The lowest BCUT2D eigenvalue weighted by Gasteiger charge is -2.10. The second kappa shape index (κ2) is 9.95. The van der Waals surface area contributed by atoms with Crippen molar-refractivity contribution in [2.24, 2.45) is 0 Å². The second-order valence-electron chi connectivity index (χ2n) is 6.97. The molecule has 0 aliphatic rings. The zero-order valence-electron chi connectivity index (χ0n) is 16.5. The molecule has 0 fully saturated rings. The van der Waals surface area contributed by atoms with Crippen molar-refractivity contribution in [1.29, 1.82) is 0 Å². The first kappa shape index (κ1) is 20.7. The fourth-order valence-electron chi connectivity index (χ4n) is 2.76. The Kier molecular flexibility index (Phi) is 7.10. The molecule has 0 saturated heterocycles. The minimum atomic E-state index is -0.214. The molecule has 29 heavy (non-hydrogen) atoms. The molecule has 0 aliphatic heterocycles. The third-order valence-corrected chi connectivity index (χ3v) is 4.97. The van der Waals surface area contributed by atoms with Crippen molar-refractivity contribution in [2.45, 2.75) is 19.5 Å². The van der Waals surface area contributed by atoms with Gasteiger partial charge >= 0.3 is 0 Å². The van der Waals surface area contributed by atoms with Crippen LogP contribution < -0.4 is 10.6 Å². The molecule has 7 heteroatoms. The van der Waals surface area contributed by atoms with Gasteiger partial charge in [0.05, 0.1) is 12.1 Å². The topological polar surface area (TPSA) is 74.3 Å². The smallest absolute Gasteiger partial charge is 0.257 e. The lowest BCUT2D eigenvalue weighted by Crippen LogP contribution is -2.24. The van der Waals surface area contributed by atoms with Gasteiger partial charge in [0, 0.05) is 24.0 Å². The van der Waals surface area contributed by atoms with E-state index in [1.54, 1.807) is 17.5 Å². The zero-order chi connectivity index (χ0) is 20.6. The number of benzene rings is 2. The average molecular weight is 409 g/mol. The van der Waals surface area contributed by atoms with Crippen LogP contribution in [-0.2, 0) is 24.3 Å². The van der Waals surface area contributed by atoms with Crippen LogP contribution in [0.15, 0.2) is 60.0 Å². The Balaban J connectivity index is 1.47. The molecule has 0 spiro atoms. The number of nitrogens with zero attached hydrogens (tertiary/aromatic N) is 2. The number of carbonyl (C=O) groups is 2. The summed E-state index contributed by atoms with van der Waals surface area (Å²) in [5, 5.41) is 7.95. The largest absolute Gasteiger partial charge is 0.352 e. The van der Waals surface area contributed by atoms with E-state index in [1.165, 1.54) is 16.9 Å². The molecule has 0 bridgehead atoms. The van der Waals surface area contributed by atoms with Crippen molar-refractivity contribution < 1.29 is 9.59 Å². The van der Waals surface area contributed by atoms with Gasteiger partial charge in [-0.15, -0.1) is 11.3 Å². The van der Waals surface area contributed by atoms with Crippen LogP contribution in [0, 0.1) is 0 Å². The van der Waals surface area contributed by atoms with Crippen LogP contribution in [0.5, 0.6) is 0 Å². The summed E-state index contributed by atoms with van der Waals surface area (Å²) < 4.78 is 0. The summed E-state index contributed by atoms with van der Waals surface area (Å²) in [6.07, 6.45) is 0.177. The minimum absolute atomic E-state index is 0.103. The average Bonchev–Trinajstić information content (AvgIpc) is 3.14. The third-order valence-electron chi connectivity index (χ3n) is 4.16. The van der Waals surface area contributed by atoms with Crippen molar-refractivity contribution in [3.05, 3.63) is 82.4 Å². The normalized spacial score (nSPS) is 10.7. The first-order valence-electron chi connectivity index (χ1n) is 9.29. The van der Waals surface area contributed by atoms with Crippen molar-refractivity contribution >= 4 is 28.3 Å². The van der Waals surface area contributed by atoms with Gasteiger partial charge in [-0.2, -0.15) is 0 Å². The molecule has 2 N–H and O–H groups in total. The molecule has 3 rings (SSSR count). The van der Waals surface area contributed by atoms with Crippen LogP contribution in [0.25, 0.3) is 0 Å². The summed E-state index contributed by atoms with van der Waals surface area (Å²) in [6, 6.07) is 17.2. The molecule has 1 aromatic heterocycles. The number of anilines is 1. The van der Waals surface area contributed by atoms with E-state index in [-0.39, 0.29) is 18.2 Å². The molecule has 1 heterocycles. The van der Waals surface area contributed by atoms with Crippen molar-refractivity contribution in [1.82, 2.24) is 15.2 Å². The summed E-state index contributed by atoms with van der Waals surface area (Å²) in [6.45, 7) is 1.36. The molecule has 3 aromatic rings. The van der Waals surface area contributed by atoms with Crippen molar-refractivity contribution in [3.63, 3.8) is 0 Å². The molecule has 0 unspecified atom stereocenters. The van der Waals surface area contributed by atoms with Gasteiger partial charge in [0.25, 0.3) is 5.91 Å². The Morgan fingerprint density at radius 3 is 2.38 bits per heavy atom. The molecular weight excluding hydrogens is 384 g/mol. The Labute approximate surface area is 174 Å². The first-order valence-corrected chi connectivity index (χ1v) is 10.2. The van der Waals surface area contributed by atoms with Gasteiger partial charge in [0.1, 0.15) is 0 Å². The number of rotatable bonds is 8. The molecule has 6 nitrogen and oxygen atoms in total. The second-order valence-corrected chi connectivity index (χ2v) is 7.83. The maximum Gasteiger partial charge on any atom is 0.257 e. The monoisotopic (exact) mass is 408 g/mol. The van der Waals surface area contributed by atoms with E-state index in [1.807, 2.05) is 44.4 Å². The summed E-state index contributed by atoms with van der Waals surface area (Å²) in [5.74, 6) is -0.317. The molecule has 0 saturated carbocycles. The van der Waals surface area contributed by atoms with E-state index in [9.17, 15) is 9.59 Å². The fourth-order valence-corrected chi connectivity index (χ4v) is 3.47. The van der Waals surface area contributed by atoms with Crippen LogP contribution in [0.1, 0.15) is 27.2 Å². The minimum Gasteiger partial charge on any atom is -0.352 e. The molecular formula is C22H24N4O2S. The highest BCUT2D eigenvalue weighted by atomic mass is 32.1. The van der Waals surface area contributed by atoms with Gasteiger partial charge in [-0.1, -0.05) is 42.5 Å². The number of carbonyl (C=O) groups excluding carboxylic acids is 2. The van der Waals surface area contributed by atoms with E-state index in [0.717, 1.165) is 12.1 Å². The molecule has 0 aliphatic carbocycles. The molecule has 150 valence electrons. The Bertz CT molecular complexity index is 952. The van der Waals surface area contributed by atoms with E-state index in [4.69, 9.17) is 0 Å². The van der Waals surface area contributed by atoms with Crippen LogP contribution in [0.3, 0.4) is 0 Å². The van der Waals surface area contributed by atoms with E-state index < -0.39 is 0 Å². The van der Waals surface area contributed by atoms with Crippen LogP contribution >= 0.6 is 11.3 Å². The van der Waals surface area contributed by atoms with Crippen LogP contribution in [0.4, 0.5) is 5.13 Å². The maximum absolute atomic E-state index is 12.2. The molecule has 2 aromatic carbocycles. The van der Waals surface area contributed by atoms with Gasteiger partial charge in [0.15, 0.2) is 5.13 Å². The van der Waals surface area contributed by atoms with Crippen molar-refractivity contribution in [3.8, 4) is 0 Å². The summed E-state index contributed by atoms with van der Waals surface area (Å²) in [4.78, 5) is 30.8. The maximum atomic E-state index is 12.2. The number of aromatic nitrogens is 1. The van der Waals surface area contributed by atoms with E-state index >= 15 is 0 Å². The summed E-state index contributed by atoms with van der Waals surface area (Å²) >= 11 is 1.31. The predicted molar refractivity (Wildman–Crippen MR) is 116 cm³/mol. The van der Waals surface area contributed by atoms with Gasteiger partial charge < -0.3 is 10.2 Å². The molecule has 0 radical (unpaired) electrons. The number of hydrogen-bond acceptors (Lipinski definition) is 5. The van der Waals surface area contributed by atoms with E-state index in [0.29, 0.717) is 22.9 Å². The SMILES string of the molecule is CN(C)Cc1ccc(CNC(=O)Cc2csc(NC(=O)c3ccccc3)n2)cc1. The highest BCUT2D eigenvalue weighted by Gasteiger charge is 2.11. The Morgan fingerprint density at radius 2 is 1.69 bits per heavy atom. The Morgan fingerprint density at radius 1 is 1.00 bits per heavy atom. The zero-order valence-corrected chi connectivity index (χ0v) is 17.3. The first-order chi connectivity index (χ1) is 14.0. The van der Waals surface area contributed by atoms with E-state index in [2.05, 4.69) is 32.7 Å². The lowest BCUT2D eigenvalue weighted by molar-refractivity contribution is -0.120. The Hall–Kier alpha value is -3.03. The number of thiazole rings is 1. The highest BCUT2D eigenvalue weighted by Crippen LogP contribution is 2.17. The lowest BCUT2D eigenvalue weighted by atomic mass is 10.1.